The minimum Gasteiger partial charge on any atom is -0.383 e. The van der Waals surface area contributed by atoms with Gasteiger partial charge in [-0.15, -0.1) is 0 Å². The summed E-state index contributed by atoms with van der Waals surface area (Å²) in [6, 6.07) is 0. The lowest BCUT2D eigenvalue weighted by Gasteiger charge is -2.36. The van der Waals surface area contributed by atoms with E-state index in [2.05, 4.69) is 15.3 Å². The molecular weight excluding hydrogens is 275 g/mol. The Morgan fingerprint density at radius 3 is 2.95 bits per heavy atom. The van der Waals surface area contributed by atoms with E-state index in [0.717, 1.165) is 0 Å². The van der Waals surface area contributed by atoms with E-state index in [4.69, 9.17) is 26.0 Å². The maximum Gasteiger partial charge on any atom is 0.351 e. The van der Waals surface area contributed by atoms with E-state index in [-0.39, 0.29) is 5.82 Å². The van der Waals surface area contributed by atoms with Crippen LogP contribution in [0.25, 0.3) is 0 Å². The molecule has 2 aliphatic rings. The number of hydrogen-bond donors (Lipinski definition) is 4. The van der Waals surface area contributed by atoms with Gasteiger partial charge in [-0.25, -0.2) is 15.3 Å². The van der Waals surface area contributed by atoms with Crippen molar-refractivity contribution in [2.45, 2.75) is 19.4 Å². The van der Waals surface area contributed by atoms with E-state index < -0.39 is 26.5 Å². The highest BCUT2D eigenvalue weighted by Crippen LogP contribution is 2.35. The SMILES string of the molecule is CC(OCP(=O)(O)O)N1C(N)=C2N=C[N]C2=NC1N. The Balaban J connectivity index is 2.14. The molecule has 2 heterocycles. The van der Waals surface area contributed by atoms with Gasteiger partial charge >= 0.3 is 7.60 Å². The smallest absolute Gasteiger partial charge is 0.351 e. The molecular formula is C8H14N6O4P. The molecule has 2 aliphatic heterocycles. The normalized spacial score (nSPS) is 24.1. The van der Waals surface area contributed by atoms with Gasteiger partial charge in [0.25, 0.3) is 0 Å². The quantitative estimate of drug-likeness (QED) is 0.444. The van der Waals surface area contributed by atoms with Crippen LogP contribution in [-0.2, 0) is 9.30 Å². The highest BCUT2D eigenvalue weighted by molar-refractivity contribution is 7.51. The largest absolute Gasteiger partial charge is 0.383 e. The Morgan fingerprint density at radius 1 is 1.63 bits per heavy atom. The molecule has 0 aromatic rings. The second-order valence-corrected chi connectivity index (χ2v) is 5.53. The molecule has 0 aromatic carbocycles. The van der Waals surface area contributed by atoms with Crippen LogP contribution < -0.4 is 16.8 Å². The number of nitrogens with two attached hydrogens (primary N) is 2. The van der Waals surface area contributed by atoms with Crippen molar-refractivity contribution >= 4 is 19.8 Å². The fourth-order valence-corrected chi connectivity index (χ4v) is 2.09. The molecule has 2 unspecified atom stereocenters. The Hall–Kier alpha value is -1.45. The molecule has 0 aliphatic carbocycles. The Morgan fingerprint density at radius 2 is 2.32 bits per heavy atom. The third-order valence-corrected chi connectivity index (χ3v) is 3.00. The molecule has 10 nitrogen and oxygen atoms in total. The summed E-state index contributed by atoms with van der Waals surface area (Å²) in [5.74, 6) is 0.539. The van der Waals surface area contributed by atoms with E-state index in [1.165, 1.54) is 11.2 Å². The van der Waals surface area contributed by atoms with Crippen molar-refractivity contribution in [3.8, 4) is 0 Å². The van der Waals surface area contributed by atoms with E-state index in [1.54, 1.807) is 6.92 Å². The van der Waals surface area contributed by atoms with Gasteiger partial charge in [0.05, 0.1) is 0 Å². The summed E-state index contributed by atoms with van der Waals surface area (Å²) >= 11 is 0. The lowest BCUT2D eigenvalue weighted by atomic mass is 10.3. The van der Waals surface area contributed by atoms with E-state index in [0.29, 0.717) is 11.5 Å². The molecule has 0 saturated carbocycles. The van der Waals surface area contributed by atoms with Crippen molar-refractivity contribution < 1.29 is 19.1 Å². The molecule has 1 radical (unpaired) electrons. The van der Waals surface area contributed by atoms with Crippen LogP contribution in [0.4, 0.5) is 0 Å². The standard InChI is InChI=1S/C8H14N6O4P/c1-4(18-3-19(15,16)17)14-6(9)5-7(12-2-11-5)13-8(14)10/h2,4,8H,3,9-10H2,1H3,(H2,15,16,17). The van der Waals surface area contributed by atoms with Crippen LogP contribution in [-0.4, -0.2) is 45.7 Å². The van der Waals surface area contributed by atoms with Crippen LogP contribution in [0.3, 0.4) is 0 Å². The Kier molecular flexibility index (Phi) is 3.61. The second-order valence-electron chi connectivity index (χ2n) is 3.94. The molecule has 6 N–H and O–H groups in total. The zero-order valence-corrected chi connectivity index (χ0v) is 10.9. The maximum absolute atomic E-state index is 10.8. The number of fused-ring (bicyclic) bond motifs is 1. The number of nitrogens with zero attached hydrogens (tertiary/aromatic N) is 4. The Bertz CT molecular complexity index is 511. The average molecular weight is 289 g/mol. The summed E-state index contributed by atoms with van der Waals surface area (Å²) in [7, 11) is -4.26. The van der Waals surface area contributed by atoms with E-state index >= 15 is 0 Å². The number of hydrogen-bond acceptors (Lipinski definition) is 7. The van der Waals surface area contributed by atoms with Crippen LogP contribution in [0.2, 0.25) is 0 Å². The monoisotopic (exact) mass is 289 g/mol. The fourth-order valence-electron chi connectivity index (χ4n) is 1.68. The van der Waals surface area contributed by atoms with Crippen molar-refractivity contribution in [2.75, 3.05) is 6.35 Å². The van der Waals surface area contributed by atoms with Crippen molar-refractivity contribution in [1.29, 1.82) is 0 Å². The number of rotatable bonds is 4. The third-order valence-electron chi connectivity index (χ3n) is 2.51. The van der Waals surface area contributed by atoms with Gasteiger partial charge in [-0.3, -0.25) is 15.2 Å². The number of aliphatic imine (C=N–C) groups is 2. The van der Waals surface area contributed by atoms with Gasteiger partial charge in [0, 0.05) is 0 Å². The summed E-state index contributed by atoms with van der Waals surface area (Å²) in [6.45, 7) is 1.55. The topological polar surface area (TPSA) is 161 Å². The van der Waals surface area contributed by atoms with Gasteiger partial charge in [0.2, 0.25) is 0 Å². The first kappa shape index (κ1) is 14.0. The molecule has 0 fully saturated rings. The fraction of sp³-hybridized carbons (Fsp3) is 0.500. The first-order chi connectivity index (χ1) is 8.79. The van der Waals surface area contributed by atoms with Gasteiger partial charge in [0.1, 0.15) is 24.1 Å². The molecule has 0 saturated heterocycles. The van der Waals surface area contributed by atoms with Gasteiger partial charge in [0.15, 0.2) is 18.5 Å². The molecule has 105 valence electrons. The van der Waals surface area contributed by atoms with Crippen molar-refractivity contribution in [2.24, 2.45) is 21.5 Å². The van der Waals surface area contributed by atoms with Gasteiger partial charge in [-0.2, -0.15) is 0 Å². The van der Waals surface area contributed by atoms with Crippen LogP contribution in [0, 0.1) is 0 Å². The first-order valence-corrected chi connectivity index (χ1v) is 7.11. The number of ether oxygens (including phenoxy) is 1. The van der Waals surface area contributed by atoms with Crippen LogP contribution in [0.5, 0.6) is 0 Å². The van der Waals surface area contributed by atoms with Crippen molar-refractivity contribution in [1.82, 2.24) is 10.2 Å². The molecule has 0 amide bonds. The molecule has 0 aromatic heterocycles. The highest BCUT2D eigenvalue weighted by Gasteiger charge is 2.33. The van der Waals surface area contributed by atoms with Crippen LogP contribution in [0.1, 0.15) is 6.92 Å². The highest BCUT2D eigenvalue weighted by atomic mass is 31.2. The lowest BCUT2D eigenvalue weighted by Crippen LogP contribution is -2.52. The maximum atomic E-state index is 10.8. The molecule has 11 heteroatoms. The minimum atomic E-state index is -4.26. The predicted molar refractivity (Wildman–Crippen MR) is 66.5 cm³/mol. The van der Waals surface area contributed by atoms with E-state index in [1.807, 2.05) is 0 Å². The predicted octanol–water partition coefficient (Wildman–Crippen LogP) is -1.79. The molecule has 0 spiro atoms. The number of amidine groups is 1. The second kappa shape index (κ2) is 4.91. The molecule has 19 heavy (non-hydrogen) atoms. The van der Waals surface area contributed by atoms with Gasteiger partial charge in [-0.1, -0.05) is 0 Å². The summed E-state index contributed by atoms with van der Waals surface area (Å²) in [5, 5.41) is 3.89. The molecule has 2 atom stereocenters. The van der Waals surface area contributed by atoms with Gasteiger partial charge in [-0.05, 0) is 6.92 Å². The van der Waals surface area contributed by atoms with Crippen LogP contribution >= 0.6 is 7.60 Å². The van der Waals surface area contributed by atoms with Crippen molar-refractivity contribution in [3.63, 3.8) is 0 Å². The third kappa shape index (κ3) is 2.94. The first-order valence-electron chi connectivity index (χ1n) is 5.31. The zero-order chi connectivity index (χ0) is 14.2. The average Bonchev–Trinajstić information content (AvgIpc) is 2.73. The summed E-state index contributed by atoms with van der Waals surface area (Å²) in [5.41, 5.74) is 12.1. The summed E-state index contributed by atoms with van der Waals surface area (Å²) in [4.78, 5) is 26.9. The minimum absolute atomic E-state index is 0.202. The Labute approximate surface area is 109 Å². The molecule has 2 rings (SSSR count). The summed E-state index contributed by atoms with van der Waals surface area (Å²) < 4.78 is 15.8. The van der Waals surface area contributed by atoms with Crippen LogP contribution in [0.15, 0.2) is 21.5 Å². The zero-order valence-electron chi connectivity index (χ0n) is 10.0. The summed E-state index contributed by atoms with van der Waals surface area (Å²) in [6.07, 6.45) is -1.05. The van der Waals surface area contributed by atoms with Crippen molar-refractivity contribution in [3.05, 3.63) is 11.5 Å². The lowest BCUT2D eigenvalue weighted by molar-refractivity contribution is -0.0347. The van der Waals surface area contributed by atoms with Gasteiger partial charge < -0.3 is 20.3 Å². The van der Waals surface area contributed by atoms with E-state index in [9.17, 15) is 4.57 Å². The molecule has 0 bridgehead atoms.